The molecule has 0 spiro atoms. The van der Waals surface area contributed by atoms with E-state index in [9.17, 15) is 9.59 Å². The van der Waals surface area contributed by atoms with Crippen LogP contribution in [0.1, 0.15) is 20.7 Å². The number of hydrogen-bond donors (Lipinski definition) is 2. The highest BCUT2D eigenvalue weighted by molar-refractivity contribution is 5.89. The molecule has 6 heteroatoms. The van der Waals surface area contributed by atoms with Gasteiger partial charge < -0.3 is 19.7 Å². The molecule has 38 heavy (non-hydrogen) atoms. The van der Waals surface area contributed by atoms with Gasteiger partial charge in [0.1, 0.15) is 23.0 Å². The van der Waals surface area contributed by atoms with Crippen molar-refractivity contribution in [3.05, 3.63) is 132 Å². The molecule has 5 aromatic carbocycles. The molecule has 0 radical (unpaired) electrons. The van der Waals surface area contributed by atoms with Crippen LogP contribution in [0.5, 0.6) is 23.0 Å². The maximum atomic E-state index is 11.0. The normalized spacial score (nSPS) is 10.5. The van der Waals surface area contributed by atoms with E-state index in [1.54, 1.807) is 48.5 Å². The third-order valence-electron chi connectivity index (χ3n) is 5.93. The molecule has 5 rings (SSSR count). The van der Waals surface area contributed by atoms with E-state index >= 15 is 0 Å². The molecule has 0 saturated heterocycles. The van der Waals surface area contributed by atoms with Crippen LogP contribution in [0.3, 0.4) is 0 Å². The highest BCUT2D eigenvalue weighted by atomic mass is 16.5. The lowest BCUT2D eigenvalue weighted by atomic mass is 10.0. The summed E-state index contributed by atoms with van der Waals surface area (Å²) < 4.78 is 11.9. The average Bonchev–Trinajstić information content (AvgIpc) is 2.95. The monoisotopic (exact) mass is 502 g/mol. The molecule has 6 nitrogen and oxygen atoms in total. The minimum absolute atomic E-state index is 0.253. The number of aromatic carboxylic acids is 2. The lowest BCUT2D eigenvalue weighted by molar-refractivity contribution is 0.0686. The third-order valence-corrected chi connectivity index (χ3v) is 5.93. The van der Waals surface area contributed by atoms with Crippen molar-refractivity contribution in [2.45, 2.75) is 0 Å². The van der Waals surface area contributed by atoms with Crippen molar-refractivity contribution < 1.29 is 29.3 Å². The highest BCUT2D eigenvalue weighted by Gasteiger charge is 2.06. The van der Waals surface area contributed by atoms with Crippen LogP contribution in [0.15, 0.2) is 121 Å². The van der Waals surface area contributed by atoms with Crippen molar-refractivity contribution in [3.8, 4) is 45.3 Å². The summed E-state index contributed by atoms with van der Waals surface area (Å²) >= 11 is 0. The van der Waals surface area contributed by atoms with Gasteiger partial charge in [-0.15, -0.1) is 0 Å². The number of benzene rings is 5. The van der Waals surface area contributed by atoms with E-state index in [-0.39, 0.29) is 11.1 Å². The summed E-state index contributed by atoms with van der Waals surface area (Å²) in [6, 6.07) is 35.9. The summed E-state index contributed by atoms with van der Waals surface area (Å²) in [5.74, 6) is 0.786. The summed E-state index contributed by atoms with van der Waals surface area (Å²) in [6.45, 7) is 0. The van der Waals surface area contributed by atoms with Gasteiger partial charge in [-0.05, 0) is 95.1 Å². The van der Waals surface area contributed by atoms with E-state index in [1.807, 2.05) is 72.8 Å². The molecule has 0 aromatic heterocycles. The predicted octanol–water partition coefficient (Wildman–Crippen LogP) is 8.00. The van der Waals surface area contributed by atoms with Crippen LogP contribution in [-0.2, 0) is 0 Å². The number of carbonyl (C=O) groups is 2. The first-order valence-electron chi connectivity index (χ1n) is 11.8. The molecule has 186 valence electrons. The van der Waals surface area contributed by atoms with E-state index < -0.39 is 11.9 Å². The smallest absolute Gasteiger partial charge is 0.335 e. The summed E-state index contributed by atoms with van der Waals surface area (Å²) in [7, 11) is 0. The van der Waals surface area contributed by atoms with Gasteiger partial charge in [0.15, 0.2) is 0 Å². The minimum atomic E-state index is -0.948. The van der Waals surface area contributed by atoms with E-state index in [4.69, 9.17) is 19.7 Å². The number of rotatable bonds is 8. The molecule has 2 N–H and O–H groups in total. The summed E-state index contributed by atoms with van der Waals surface area (Å²) in [5, 5.41) is 18.1. The molecule has 0 aliphatic heterocycles. The second-order valence-electron chi connectivity index (χ2n) is 8.49. The van der Waals surface area contributed by atoms with Gasteiger partial charge in [0.25, 0.3) is 0 Å². The van der Waals surface area contributed by atoms with Crippen molar-refractivity contribution in [2.24, 2.45) is 0 Å². The largest absolute Gasteiger partial charge is 0.478 e. The van der Waals surface area contributed by atoms with Gasteiger partial charge >= 0.3 is 11.9 Å². The maximum absolute atomic E-state index is 11.0. The fourth-order valence-electron chi connectivity index (χ4n) is 3.89. The Morgan fingerprint density at radius 3 is 0.816 bits per heavy atom. The van der Waals surface area contributed by atoms with Gasteiger partial charge in [0.05, 0.1) is 11.1 Å². The first-order valence-corrected chi connectivity index (χ1v) is 11.8. The minimum Gasteiger partial charge on any atom is -0.478 e. The molecule has 0 aliphatic rings. The summed E-state index contributed by atoms with van der Waals surface area (Å²) in [6.07, 6.45) is 0. The summed E-state index contributed by atoms with van der Waals surface area (Å²) in [5.41, 5.74) is 4.27. The Hall–Kier alpha value is -5.36. The van der Waals surface area contributed by atoms with Gasteiger partial charge in [0.2, 0.25) is 0 Å². The zero-order valence-electron chi connectivity index (χ0n) is 20.1. The van der Waals surface area contributed by atoms with Crippen LogP contribution in [0.2, 0.25) is 0 Å². The Kier molecular flexibility index (Phi) is 6.87. The molecule has 0 heterocycles. The average molecular weight is 503 g/mol. The molecule has 0 bridgehead atoms. The Bertz CT molecular complexity index is 1430. The topological polar surface area (TPSA) is 93.1 Å². The van der Waals surface area contributed by atoms with Gasteiger partial charge in [-0.2, -0.15) is 0 Å². The Morgan fingerprint density at radius 2 is 0.579 bits per heavy atom. The van der Waals surface area contributed by atoms with E-state index in [2.05, 4.69) is 0 Å². The lowest BCUT2D eigenvalue weighted by Gasteiger charge is -2.10. The number of carboxylic acids is 2. The van der Waals surface area contributed by atoms with E-state index in [0.29, 0.717) is 23.0 Å². The van der Waals surface area contributed by atoms with Crippen molar-refractivity contribution in [1.82, 2.24) is 0 Å². The fourth-order valence-corrected chi connectivity index (χ4v) is 3.89. The first-order chi connectivity index (χ1) is 18.4. The molecule has 0 amide bonds. The van der Waals surface area contributed by atoms with Gasteiger partial charge in [-0.3, -0.25) is 0 Å². The standard InChI is InChI=1S/C32H22O6/c33-31(34)25-5-1-21(2-6-25)23-9-13-27(14-10-23)37-29-17-19-30(20-18-29)38-28-15-11-24(12-16-28)22-3-7-26(8-4-22)32(35)36/h1-20H,(H,33,34)(H,35,36). The van der Waals surface area contributed by atoms with Crippen LogP contribution in [0, 0.1) is 0 Å². The van der Waals surface area contributed by atoms with Gasteiger partial charge in [-0.1, -0.05) is 48.5 Å². The molecule has 0 saturated carbocycles. The molecular formula is C32H22O6. The molecular weight excluding hydrogens is 480 g/mol. The van der Waals surface area contributed by atoms with Gasteiger partial charge in [0, 0.05) is 0 Å². The second-order valence-corrected chi connectivity index (χ2v) is 8.49. The van der Waals surface area contributed by atoms with Crippen molar-refractivity contribution in [3.63, 3.8) is 0 Å². The Labute approximate surface area is 219 Å². The SMILES string of the molecule is O=C(O)c1ccc(-c2ccc(Oc3ccc(Oc4ccc(-c5ccc(C(=O)O)cc5)cc4)cc3)cc2)cc1. The van der Waals surface area contributed by atoms with Crippen LogP contribution in [-0.4, -0.2) is 22.2 Å². The van der Waals surface area contributed by atoms with Crippen LogP contribution in [0.25, 0.3) is 22.3 Å². The van der Waals surface area contributed by atoms with Crippen LogP contribution in [0.4, 0.5) is 0 Å². The number of hydrogen-bond acceptors (Lipinski definition) is 4. The van der Waals surface area contributed by atoms with Gasteiger partial charge in [-0.25, -0.2) is 9.59 Å². The Morgan fingerprint density at radius 1 is 0.368 bits per heavy atom. The van der Waals surface area contributed by atoms with Crippen LogP contribution >= 0.6 is 0 Å². The molecule has 5 aromatic rings. The highest BCUT2D eigenvalue weighted by Crippen LogP contribution is 2.30. The van der Waals surface area contributed by atoms with Crippen molar-refractivity contribution in [2.75, 3.05) is 0 Å². The Balaban J connectivity index is 1.19. The third kappa shape index (κ3) is 5.71. The van der Waals surface area contributed by atoms with Crippen molar-refractivity contribution >= 4 is 11.9 Å². The molecule has 0 atom stereocenters. The number of ether oxygens (including phenoxy) is 2. The van der Waals surface area contributed by atoms with E-state index in [0.717, 1.165) is 22.3 Å². The summed E-state index contributed by atoms with van der Waals surface area (Å²) in [4.78, 5) is 22.1. The van der Waals surface area contributed by atoms with E-state index in [1.165, 1.54) is 0 Å². The van der Waals surface area contributed by atoms with Crippen LogP contribution < -0.4 is 9.47 Å². The zero-order valence-corrected chi connectivity index (χ0v) is 20.1. The first kappa shape index (κ1) is 24.3. The molecule has 0 fully saturated rings. The fraction of sp³-hybridized carbons (Fsp3) is 0. The second kappa shape index (κ2) is 10.7. The quantitative estimate of drug-likeness (QED) is 0.223. The molecule has 0 unspecified atom stereocenters. The predicted molar refractivity (Wildman–Crippen MR) is 144 cm³/mol. The van der Waals surface area contributed by atoms with Crippen molar-refractivity contribution in [1.29, 1.82) is 0 Å². The maximum Gasteiger partial charge on any atom is 0.335 e. The zero-order chi connectivity index (χ0) is 26.5. The molecule has 0 aliphatic carbocycles. The number of carboxylic acid groups (broad SMARTS) is 2. The lowest BCUT2D eigenvalue weighted by Crippen LogP contribution is -1.94.